The first-order valence-corrected chi connectivity index (χ1v) is 6.89. The third kappa shape index (κ3) is 4.47. The first-order chi connectivity index (χ1) is 9.20. The van der Waals surface area contributed by atoms with Crippen molar-refractivity contribution in [2.24, 2.45) is 0 Å². The fourth-order valence-electron chi connectivity index (χ4n) is 2.30. The fraction of sp³-hybridized carbons (Fsp3) is 0.533. The van der Waals surface area contributed by atoms with Gasteiger partial charge in [-0.15, -0.1) is 12.4 Å². The van der Waals surface area contributed by atoms with Crippen LogP contribution in [0.15, 0.2) is 24.3 Å². The van der Waals surface area contributed by atoms with Crippen molar-refractivity contribution in [3.8, 4) is 0 Å². The van der Waals surface area contributed by atoms with Crippen molar-refractivity contribution in [3.05, 3.63) is 29.8 Å². The molecule has 1 aliphatic heterocycles. The van der Waals surface area contributed by atoms with Crippen LogP contribution in [0.25, 0.3) is 0 Å². The number of hydrogen-bond donors (Lipinski definition) is 1. The summed E-state index contributed by atoms with van der Waals surface area (Å²) < 4.78 is 5.38. The Kier molecular flexibility index (Phi) is 6.99. The van der Waals surface area contributed by atoms with Crippen LogP contribution in [0, 0.1) is 6.92 Å². The van der Waals surface area contributed by atoms with E-state index in [1.165, 1.54) is 5.56 Å². The highest BCUT2D eigenvalue weighted by atomic mass is 35.5. The lowest BCUT2D eigenvalue weighted by Gasteiger charge is -2.27. The molecule has 0 aliphatic carbocycles. The highest BCUT2D eigenvalue weighted by Crippen LogP contribution is 2.16. The molecule has 1 unspecified atom stereocenters. The molecule has 1 N–H and O–H groups in total. The molecule has 1 atom stereocenters. The summed E-state index contributed by atoms with van der Waals surface area (Å²) in [5.41, 5.74) is 2.17. The van der Waals surface area contributed by atoms with Crippen LogP contribution in [0.5, 0.6) is 0 Å². The van der Waals surface area contributed by atoms with Crippen LogP contribution in [0.2, 0.25) is 0 Å². The summed E-state index contributed by atoms with van der Waals surface area (Å²) in [6, 6.07) is 8.21. The quantitative estimate of drug-likeness (QED) is 0.926. The summed E-state index contributed by atoms with van der Waals surface area (Å²) >= 11 is 0. The Labute approximate surface area is 126 Å². The van der Waals surface area contributed by atoms with E-state index < -0.39 is 0 Å². The first kappa shape index (κ1) is 17.0. The number of amides is 1. The number of benzene rings is 1. The Morgan fingerprint density at radius 1 is 1.40 bits per heavy atom. The Morgan fingerprint density at radius 3 is 2.65 bits per heavy atom. The zero-order valence-electron chi connectivity index (χ0n) is 12.1. The number of hydrogen-bond acceptors (Lipinski definition) is 3. The van der Waals surface area contributed by atoms with Gasteiger partial charge in [-0.05, 0) is 26.0 Å². The second-order valence-electron chi connectivity index (χ2n) is 4.90. The second-order valence-corrected chi connectivity index (χ2v) is 4.90. The van der Waals surface area contributed by atoms with Crippen LogP contribution in [0.4, 0.5) is 5.69 Å². The molecule has 1 fully saturated rings. The Bertz CT molecular complexity index is 416. The van der Waals surface area contributed by atoms with Crippen molar-refractivity contribution in [1.29, 1.82) is 0 Å². The predicted molar refractivity (Wildman–Crippen MR) is 83.7 cm³/mol. The molecule has 2 rings (SSSR count). The van der Waals surface area contributed by atoms with Gasteiger partial charge in [0, 0.05) is 31.2 Å². The van der Waals surface area contributed by atoms with Gasteiger partial charge in [0.2, 0.25) is 5.91 Å². The summed E-state index contributed by atoms with van der Waals surface area (Å²) in [4.78, 5) is 14.2. The van der Waals surface area contributed by atoms with Crippen LogP contribution in [-0.2, 0) is 9.53 Å². The van der Waals surface area contributed by atoms with Gasteiger partial charge < -0.3 is 15.0 Å². The van der Waals surface area contributed by atoms with Gasteiger partial charge >= 0.3 is 0 Å². The van der Waals surface area contributed by atoms with E-state index in [0.29, 0.717) is 19.6 Å². The standard InChI is InChI=1S/C15H22N2O2.ClH/c1-3-17(14-6-4-12(2)5-7-14)15(18)10-13-11-19-9-8-16-13;/h4-7,13,16H,3,8-11H2,1-2H3;1H. The molecule has 1 heterocycles. The van der Waals surface area contributed by atoms with Crippen LogP contribution < -0.4 is 10.2 Å². The number of rotatable bonds is 4. The van der Waals surface area contributed by atoms with Gasteiger partial charge in [-0.1, -0.05) is 17.7 Å². The molecule has 0 radical (unpaired) electrons. The summed E-state index contributed by atoms with van der Waals surface area (Å²) in [5.74, 6) is 0.148. The lowest BCUT2D eigenvalue weighted by molar-refractivity contribution is -0.119. The monoisotopic (exact) mass is 298 g/mol. The molecule has 1 saturated heterocycles. The second kappa shape index (κ2) is 8.25. The Balaban J connectivity index is 0.00000200. The number of aryl methyl sites for hydroxylation is 1. The number of morpholine rings is 1. The normalized spacial score (nSPS) is 18.2. The van der Waals surface area contributed by atoms with Gasteiger partial charge in [-0.25, -0.2) is 0 Å². The predicted octanol–water partition coefficient (Wildman–Crippen LogP) is 2.15. The molecule has 4 nitrogen and oxygen atoms in total. The number of anilines is 1. The minimum absolute atomic E-state index is 0. The van der Waals surface area contributed by atoms with Crippen LogP contribution in [0.1, 0.15) is 18.9 Å². The SMILES string of the molecule is CCN(C(=O)CC1COCCN1)c1ccc(C)cc1.Cl. The summed E-state index contributed by atoms with van der Waals surface area (Å²) in [7, 11) is 0. The smallest absolute Gasteiger partial charge is 0.228 e. The minimum atomic E-state index is 0. The van der Waals surface area contributed by atoms with E-state index in [1.54, 1.807) is 0 Å². The Hall–Kier alpha value is -1.10. The highest BCUT2D eigenvalue weighted by Gasteiger charge is 2.21. The van der Waals surface area contributed by atoms with Crippen molar-refractivity contribution in [2.75, 3.05) is 31.2 Å². The molecule has 5 heteroatoms. The molecular weight excluding hydrogens is 276 g/mol. The summed E-state index contributed by atoms with van der Waals surface area (Å²) in [6.07, 6.45) is 0.488. The van der Waals surface area contributed by atoms with E-state index in [1.807, 2.05) is 43.0 Å². The zero-order chi connectivity index (χ0) is 13.7. The van der Waals surface area contributed by atoms with Gasteiger partial charge in [-0.3, -0.25) is 4.79 Å². The van der Waals surface area contributed by atoms with E-state index in [-0.39, 0.29) is 24.4 Å². The van der Waals surface area contributed by atoms with Gasteiger partial charge in [0.05, 0.1) is 13.2 Å². The number of ether oxygens (including phenoxy) is 1. The third-order valence-electron chi connectivity index (χ3n) is 3.38. The third-order valence-corrected chi connectivity index (χ3v) is 3.38. The van der Waals surface area contributed by atoms with Crippen molar-refractivity contribution in [2.45, 2.75) is 26.3 Å². The average Bonchev–Trinajstić information content (AvgIpc) is 2.43. The molecule has 0 saturated carbocycles. The molecule has 112 valence electrons. The zero-order valence-corrected chi connectivity index (χ0v) is 12.9. The summed E-state index contributed by atoms with van der Waals surface area (Å²) in [6.45, 7) is 6.93. The van der Waals surface area contributed by atoms with Gasteiger partial charge in [0.1, 0.15) is 0 Å². The minimum Gasteiger partial charge on any atom is -0.378 e. The van der Waals surface area contributed by atoms with Crippen molar-refractivity contribution < 1.29 is 9.53 Å². The largest absolute Gasteiger partial charge is 0.378 e. The molecule has 0 spiro atoms. The molecular formula is C15H23ClN2O2. The number of halogens is 1. The highest BCUT2D eigenvalue weighted by molar-refractivity contribution is 5.93. The molecule has 0 bridgehead atoms. The maximum atomic E-state index is 12.4. The van der Waals surface area contributed by atoms with Crippen molar-refractivity contribution in [3.63, 3.8) is 0 Å². The summed E-state index contributed by atoms with van der Waals surface area (Å²) in [5, 5.41) is 3.32. The molecule has 0 aromatic heterocycles. The van der Waals surface area contributed by atoms with Crippen LogP contribution >= 0.6 is 12.4 Å². The first-order valence-electron chi connectivity index (χ1n) is 6.89. The molecule has 1 aromatic rings. The van der Waals surface area contributed by atoms with Gasteiger partial charge in [0.15, 0.2) is 0 Å². The number of nitrogens with one attached hydrogen (secondary N) is 1. The average molecular weight is 299 g/mol. The van der Waals surface area contributed by atoms with Gasteiger partial charge in [0.25, 0.3) is 0 Å². The lowest BCUT2D eigenvalue weighted by atomic mass is 10.1. The fourth-order valence-corrected chi connectivity index (χ4v) is 2.30. The van der Waals surface area contributed by atoms with E-state index in [0.717, 1.165) is 18.8 Å². The number of carbonyl (C=O) groups excluding carboxylic acids is 1. The number of nitrogens with zero attached hydrogens (tertiary/aromatic N) is 1. The molecule has 1 aromatic carbocycles. The van der Waals surface area contributed by atoms with E-state index >= 15 is 0 Å². The molecule has 1 amide bonds. The molecule has 20 heavy (non-hydrogen) atoms. The van der Waals surface area contributed by atoms with E-state index in [9.17, 15) is 4.79 Å². The van der Waals surface area contributed by atoms with Crippen LogP contribution in [0.3, 0.4) is 0 Å². The van der Waals surface area contributed by atoms with Gasteiger partial charge in [-0.2, -0.15) is 0 Å². The lowest BCUT2D eigenvalue weighted by Crippen LogP contribution is -2.45. The van der Waals surface area contributed by atoms with E-state index in [4.69, 9.17) is 4.74 Å². The number of carbonyl (C=O) groups is 1. The topological polar surface area (TPSA) is 41.6 Å². The molecule has 1 aliphatic rings. The van der Waals surface area contributed by atoms with E-state index in [2.05, 4.69) is 5.32 Å². The van der Waals surface area contributed by atoms with Crippen molar-refractivity contribution in [1.82, 2.24) is 5.32 Å². The maximum absolute atomic E-state index is 12.4. The Morgan fingerprint density at radius 2 is 2.10 bits per heavy atom. The maximum Gasteiger partial charge on any atom is 0.228 e. The van der Waals surface area contributed by atoms with Crippen LogP contribution in [-0.4, -0.2) is 38.3 Å². The van der Waals surface area contributed by atoms with Crippen molar-refractivity contribution >= 4 is 24.0 Å².